The van der Waals surface area contributed by atoms with Crippen LogP contribution in [0.4, 0.5) is 10.5 Å². The van der Waals surface area contributed by atoms with Crippen molar-refractivity contribution >= 4 is 60.9 Å². The molecule has 10 heteroatoms. The molecule has 0 N–H and O–H groups in total. The monoisotopic (exact) mass is 518 g/mol. The molecule has 0 unspecified atom stereocenters. The minimum atomic E-state index is -3.72. The van der Waals surface area contributed by atoms with Gasteiger partial charge >= 0.3 is 6.09 Å². The van der Waals surface area contributed by atoms with Gasteiger partial charge in [0.2, 0.25) is 10.0 Å². The fourth-order valence-electron chi connectivity index (χ4n) is 3.73. The molecule has 2 aromatic rings. The van der Waals surface area contributed by atoms with E-state index in [0.29, 0.717) is 12.8 Å². The topological polar surface area (TPSA) is 66.9 Å². The molecule has 0 radical (unpaired) electrons. The minimum Gasteiger partial charge on any atom is -0.444 e. The first-order chi connectivity index (χ1) is 13.8. The van der Waals surface area contributed by atoms with Gasteiger partial charge < -0.3 is 4.74 Å². The van der Waals surface area contributed by atoms with Crippen molar-refractivity contribution in [2.45, 2.75) is 30.4 Å². The van der Waals surface area contributed by atoms with Crippen LogP contribution >= 0.6 is 39.1 Å². The van der Waals surface area contributed by atoms with Crippen molar-refractivity contribution in [2.75, 3.05) is 18.0 Å². The number of ether oxygens (including phenoxy) is 1. The summed E-state index contributed by atoms with van der Waals surface area (Å²) in [4.78, 5) is 14.2. The summed E-state index contributed by atoms with van der Waals surface area (Å²) < 4.78 is 33.6. The Labute approximate surface area is 187 Å². The zero-order valence-corrected chi connectivity index (χ0v) is 19.1. The molecule has 0 bridgehead atoms. The Balaban J connectivity index is 1.53. The fourth-order valence-corrected chi connectivity index (χ4v) is 6.33. The SMILES string of the molecule is O=C1OCc2cc(Br)ccc2N1C1CCN(S(=O)(=O)c2cc(Cl)cc(Cl)c2)CC1. The molecule has 2 aromatic carbocycles. The number of hydrogen-bond donors (Lipinski definition) is 0. The van der Waals surface area contributed by atoms with Crippen molar-refractivity contribution in [1.29, 1.82) is 0 Å². The summed E-state index contributed by atoms with van der Waals surface area (Å²) in [5.74, 6) is 0. The Kier molecular flexibility index (Phi) is 5.83. The number of hydrogen-bond acceptors (Lipinski definition) is 4. The maximum absolute atomic E-state index is 13.0. The average Bonchev–Trinajstić information content (AvgIpc) is 2.67. The highest BCUT2D eigenvalue weighted by molar-refractivity contribution is 9.10. The molecule has 0 atom stereocenters. The molecule has 1 saturated heterocycles. The summed E-state index contributed by atoms with van der Waals surface area (Å²) in [5, 5.41) is 0.537. The molecular formula is C19H17BrCl2N2O4S. The first kappa shape index (κ1) is 20.9. The average molecular weight is 520 g/mol. The van der Waals surface area contributed by atoms with Crippen LogP contribution in [0.2, 0.25) is 10.0 Å². The van der Waals surface area contributed by atoms with Gasteiger partial charge in [0.25, 0.3) is 0 Å². The number of anilines is 1. The number of fused-ring (bicyclic) bond motifs is 1. The molecule has 4 rings (SSSR count). The van der Waals surface area contributed by atoms with Gasteiger partial charge in [0.1, 0.15) is 6.61 Å². The van der Waals surface area contributed by atoms with Crippen molar-refractivity contribution in [1.82, 2.24) is 4.31 Å². The van der Waals surface area contributed by atoms with Crippen LogP contribution in [0.1, 0.15) is 18.4 Å². The van der Waals surface area contributed by atoms with E-state index >= 15 is 0 Å². The lowest BCUT2D eigenvalue weighted by atomic mass is 10.0. The predicted octanol–water partition coefficient (Wildman–Crippen LogP) is 5.07. The third-order valence-electron chi connectivity index (χ3n) is 5.11. The Bertz CT molecular complexity index is 1050. The van der Waals surface area contributed by atoms with E-state index in [1.54, 1.807) is 4.90 Å². The predicted molar refractivity (Wildman–Crippen MR) is 115 cm³/mol. The van der Waals surface area contributed by atoms with Crippen LogP contribution < -0.4 is 4.90 Å². The van der Waals surface area contributed by atoms with Crippen molar-refractivity contribution in [3.05, 3.63) is 56.5 Å². The molecule has 2 aliphatic heterocycles. The molecule has 154 valence electrons. The molecule has 0 aliphatic carbocycles. The van der Waals surface area contributed by atoms with E-state index in [1.165, 1.54) is 22.5 Å². The second-order valence-electron chi connectivity index (χ2n) is 6.94. The third-order valence-corrected chi connectivity index (χ3v) is 7.92. The number of carbonyl (C=O) groups excluding carboxylic acids is 1. The summed E-state index contributed by atoms with van der Waals surface area (Å²) in [7, 11) is -3.72. The van der Waals surface area contributed by atoms with Gasteiger partial charge in [0, 0.05) is 39.2 Å². The zero-order chi connectivity index (χ0) is 20.8. The van der Waals surface area contributed by atoms with Crippen molar-refractivity contribution in [3.63, 3.8) is 0 Å². The Morgan fingerprint density at radius 1 is 1.03 bits per heavy atom. The van der Waals surface area contributed by atoms with Gasteiger partial charge in [-0.3, -0.25) is 4.90 Å². The molecule has 2 heterocycles. The molecular weight excluding hydrogens is 503 g/mol. The Morgan fingerprint density at radius 2 is 1.69 bits per heavy atom. The summed E-state index contributed by atoms with van der Waals surface area (Å²) in [6.45, 7) is 0.798. The normalized spacial score (nSPS) is 18.4. The van der Waals surface area contributed by atoms with Gasteiger partial charge in [-0.1, -0.05) is 39.1 Å². The Hall–Kier alpha value is -1.32. The Morgan fingerprint density at radius 3 is 2.34 bits per heavy atom. The van der Waals surface area contributed by atoms with E-state index in [2.05, 4.69) is 15.9 Å². The molecule has 0 spiro atoms. The quantitative estimate of drug-likeness (QED) is 0.568. The number of rotatable bonds is 3. The summed E-state index contributed by atoms with van der Waals surface area (Å²) in [6, 6.07) is 9.83. The first-order valence-corrected chi connectivity index (χ1v) is 12.0. The highest BCUT2D eigenvalue weighted by atomic mass is 79.9. The lowest BCUT2D eigenvalue weighted by Crippen LogP contribution is -2.50. The zero-order valence-electron chi connectivity index (χ0n) is 15.1. The smallest absolute Gasteiger partial charge is 0.414 e. The van der Waals surface area contributed by atoms with Crippen LogP contribution in [0.3, 0.4) is 0 Å². The molecule has 0 aromatic heterocycles. The number of benzene rings is 2. The number of piperidine rings is 1. The molecule has 1 fully saturated rings. The van der Waals surface area contributed by atoms with E-state index in [9.17, 15) is 13.2 Å². The number of halogens is 3. The van der Waals surface area contributed by atoms with E-state index in [1.807, 2.05) is 18.2 Å². The maximum atomic E-state index is 13.0. The summed E-state index contributed by atoms with van der Waals surface area (Å²) in [6.07, 6.45) is 0.596. The molecule has 6 nitrogen and oxygen atoms in total. The summed E-state index contributed by atoms with van der Waals surface area (Å²) >= 11 is 15.4. The number of cyclic esters (lactones) is 1. The van der Waals surface area contributed by atoms with Crippen molar-refractivity contribution in [3.8, 4) is 0 Å². The lowest BCUT2D eigenvalue weighted by Gasteiger charge is -2.39. The van der Waals surface area contributed by atoms with Crippen LogP contribution in [0.5, 0.6) is 0 Å². The molecule has 1 amide bonds. The second kappa shape index (κ2) is 8.07. The highest BCUT2D eigenvalue weighted by Crippen LogP contribution is 2.35. The molecule has 0 saturated carbocycles. The van der Waals surface area contributed by atoms with Gasteiger partial charge in [-0.15, -0.1) is 0 Å². The highest BCUT2D eigenvalue weighted by Gasteiger charge is 2.37. The van der Waals surface area contributed by atoms with Gasteiger partial charge in [0.15, 0.2) is 0 Å². The first-order valence-electron chi connectivity index (χ1n) is 8.96. The number of amides is 1. The number of nitrogens with zero attached hydrogens (tertiary/aromatic N) is 2. The van der Waals surface area contributed by atoms with Crippen LogP contribution in [-0.2, 0) is 21.4 Å². The maximum Gasteiger partial charge on any atom is 0.414 e. The van der Waals surface area contributed by atoms with Crippen LogP contribution in [-0.4, -0.2) is 37.9 Å². The van der Waals surface area contributed by atoms with Gasteiger partial charge in [-0.2, -0.15) is 4.31 Å². The largest absolute Gasteiger partial charge is 0.444 e. The summed E-state index contributed by atoms with van der Waals surface area (Å²) in [5.41, 5.74) is 1.73. The number of carbonyl (C=O) groups is 1. The van der Waals surface area contributed by atoms with E-state index in [-0.39, 0.29) is 40.7 Å². The molecule has 2 aliphatic rings. The fraction of sp³-hybridized carbons (Fsp3) is 0.316. The standard InChI is InChI=1S/C19H17BrCl2N2O4S/c20-13-1-2-18-12(7-13)11-28-19(25)24(18)16-3-5-23(6-4-16)29(26,27)17-9-14(21)8-15(22)10-17/h1-2,7-10,16H,3-6,11H2. The lowest BCUT2D eigenvalue weighted by molar-refractivity contribution is 0.135. The van der Waals surface area contributed by atoms with Gasteiger partial charge in [0.05, 0.1) is 10.6 Å². The van der Waals surface area contributed by atoms with Crippen LogP contribution in [0.15, 0.2) is 45.8 Å². The van der Waals surface area contributed by atoms with Gasteiger partial charge in [-0.25, -0.2) is 13.2 Å². The van der Waals surface area contributed by atoms with E-state index in [4.69, 9.17) is 27.9 Å². The third kappa shape index (κ3) is 4.14. The van der Waals surface area contributed by atoms with E-state index < -0.39 is 16.1 Å². The minimum absolute atomic E-state index is 0.0704. The molecule has 29 heavy (non-hydrogen) atoms. The van der Waals surface area contributed by atoms with E-state index in [0.717, 1.165) is 15.7 Å². The van der Waals surface area contributed by atoms with Crippen LogP contribution in [0.25, 0.3) is 0 Å². The second-order valence-corrected chi connectivity index (χ2v) is 10.7. The van der Waals surface area contributed by atoms with Crippen LogP contribution in [0, 0.1) is 0 Å². The number of sulfonamides is 1. The van der Waals surface area contributed by atoms with Crippen molar-refractivity contribution in [2.24, 2.45) is 0 Å². The van der Waals surface area contributed by atoms with Crippen molar-refractivity contribution < 1.29 is 17.9 Å². The van der Waals surface area contributed by atoms with Gasteiger partial charge in [-0.05, 0) is 49.2 Å².